The Morgan fingerprint density at radius 2 is 1.59 bits per heavy atom. The molecule has 2 heterocycles. The Morgan fingerprint density at radius 1 is 0.853 bits per heavy atom. The van der Waals surface area contributed by atoms with E-state index in [1.54, 1.807) is 0 Å². The van der Waals surface area contributed by atoms with Gasteiger partial charge < -0.3 is 0 Å². The van der Waals surface area contributed by atoms with Crippen molar-refractivity contribution in [2.75, 3.05) is 0 Å². The summed E-state index contributed by atoms with van der Waals surface area (Å²) in [7, 11) is 2.20. The van der Waals surface area contributed by atoms with E-state index in [9.17, 15) is 0 Å². The fourth-order valence-corrected chi connectivity index (χ4v) is 7.43. The van der Waals surface area contributed by atoms with Gasteiger partial charge >= 0.3 is 0 Å². The first-order chi connectivity index (χ1) is 16.2. The number of hydrogen-bond acceptors (Lipinski definition) is 1. The first-order valence-electron chi connectivity index (χ1n) is 12.3. The maximum atomic E-state index is 2.44. The number of hydrogen-bond donors (Lipinski definition) is 0. The van der Waals surface area contributed by atoms with Crippen LogP contribution in [0.4, 0.5) is 0 Å². The fourth-order valence-electron chi connectivity index (χ4n) is 5.84. The Bertz CT molecular complexity index is 1650. The maximum Gasteiger partial charge on any atom is 0.222 e. The van der Waals surface area contributed by atoms with E-state index in [4.69, 9.17) is 0 Å². The van der Waals surface area contributed by atoms with E-state index in [1.807, 2.05) is 11.8 Å². The van der Waals surface area contributed by atoms with Gasteiger partial charge in [0, 0.05) is 21.2 Å². The topological polar surface area (TPSA) is 3.88 Å². The van der Waals surface area contributed by atoms with E-state index < -0.39 is 0 Å². The molecule has 0 spiro atoms. The summed E-state index contributed by atoms with van der Waals surface area (Å²) in [6, 6.07) is 20.8. The number of aromatic nitrogens is 1. The van der Waals surface area contributed by atoms with E-state index in [0.717, 1.165) is 0 Å². The molecule has 2 heteroatoms. The second kappa shape index (κ2) is 7.33. The monoisotopic (exact) mass is 462 g/mol. The van der Waals surface area contributed by atoms with Gasteiger partial charge in [-0.25, -0.2) is 4.57 Å². The molecule has 1 nitrogen and oxygen atoms in total. The van der Waals surface area contributed by atoms with E-state index in [1.165, 1.54) is 70.1 Å². The summed E-state index contributed by atoms with van der Waals surface area (Å²) in [5, 5.41) is 8.21. The molecule has 5 aromatic rings. The van der Waals surface area contributed by atoms with Crippen LogP contribution in [-0.2, 0) is 12.5 Å². The summed E-state index contributed by atoms with van der Waals surface area (Å²) in [5.41, 5.74) is 7.05. The zero-order chi connectivity index (χ0) is 23.9. The average molecular weight is 463 g/mol. The summed E-state index contributed by atoms with van der Waals surface area (Å²) in [5.74, 6) is 0.524. The van der Waals surface area contributed by atoms with Crippen LogP contribution in [0.5, 0.6) is 0 Å². The normalized spacial score (nSPS) is 13.3. The van der Waals surface area contributed by atoms with Crippen LogP contribution < -0.4 is 4.57 Å². The zero-order valence-electron chi connectivity index (χ0n) is 21.2. The standard InChI is InChI=1S/C32H32NS/c1-18(2)20-12-13-23-21(16-20)17-26-28-24(23)14-15-33(7)30(28)27-19(3)22-10-8-9-11-25(22)29(31(27)34-26)32(4,5)6/h8-18H,1-7H3/q+1. The minimum absolute atomic E-state index is 0.0377. The third-order valence-electron chi connectivity index (χ3n) is 7.52. The highest BCUT2D eigenvalue weighted by Crippen LogP contribution is 2.54. The Labute approximate surface area is 206 Å². The van der Waals surface area contributed by atoms with Crippen molar-refractivity contribution in [2.45, 2.75) is 62.7 Å². The minimum Gasteiger partial charge on any atom is -0.200 e. The van der Waals surface area contributed by atoms with Crippen molar-refractivity contribution < 1.29 is 4.57 Å². The van der Waals surface area contributed by atoms with Crippen molar-refractivity contribution in [3.05, 3.63) is 77.5 Å². The van der Waals surface area contributed by atoms with Gasteiger partial charge in [-0.2, -0.15) is 0 Å². The number of aryl methyl sites for hydroxylation is 2. The molecular formula is C32H32NS+. The summed E-state index contributed by atoms with van der Waals surface area (Å²) < 4.78 is 2.34. The molecule has 0 radical (unpaired) electrons. The second-order valence-electron chi connectivity index (χ2n) is 11.2. The predicted octanol–water partition coefficient (Wildman–Crippen LogP) is 8.83. The third kappa shape index (κ3) is 2.98. The lowest BCUT2D eigenvalue weighted by Gasteiger charge is -2.30. The highest BCUT2D eigenvalue weighted by molar-refractivity contribution is 8.00. The average Bonchev–Trinajstić information content (AvgIpc) is 2.79. The van der Waals surface area contributed by atoms with E-state index >= 15 is 0 Å². The van der Waals surface area contributed by atoms with Gasteiger partial charge in [0.15, 0.2) is 6.20 Å². The van der Waals surface area contributed by atoms with Crippen LogP contribution in [0.25, 0.3) is 43.6 Å². The van der Waals surface area contributed by atoms with E-state index in [-0.39, 0.29) is 5.41 Å². The Balaban J connectivity index is 1.82. The first kappa shape index (κ1) is 21.7. The molecule has 1 aliphatic rings. The Hall–Kier alpha value is -2.84. The quantitative estimate of drug-likeness (QED) is 0.174. The SMILES string of the molecule is Cc1c2c(c(C(C)(C)C)c3ccccc13)Sc1cc3cc(C(C)C)ccc3c3cc[n+](C)c-2c13. The van der Waals surface area contributed by atoms with Crippen molar-refractivity contribution in [2.24, 2.45) is 7.05 Å². The smallest absolute Gasteiger partial charge is 0.200 e. The largest absolute Gasteiger partial charge is 0.222 e. The highest BCUT2D eigenvalue weighted by atomic mass is 32.2. The molecule has 6 rings (SSSR count). The van der Waals surface area contributed by atoms with Crippen LogP contribution >= 0.6 is 11.8 Å². The summed E-state index contributed by atoms with van der Waals surface area (Å²) in [6.45, 7) is 13.9. The van der Waals surface area contributed by atoms with E-state index in [2.05, 4.69) is 114 Å². The number of benzene rings is 4. The molecule has 170 valence electrons. The lowest BCUT2D eigenvalue weighted by molar-refractivity contribution is -0.659. The molecule has 0 amide bonds. The van der Waals surface area contributed by atoms with Gasteiger partial charge in [0.1, 0.15) is 7.05 Å². The third-order valence-corrected chi connectivity index (χ3v) is 8.67. The van der Waals surface area contributed by atoms with E-state index in [0.29, 0.717) is 5.92 Å². The fraction of sp³-hybridized carbons (Fsp3) is 0.281. The zero-order valence-corrected chi connectivity index (χ0v) is 22.0. The van der Waals surface area contributed by atoms with Gasteiger partial charge in [0.05, 0.1) is 10.9 Å². The predicted molar refractivity (Wildman–Crippen MR) is 147 cm³/mol. The van der Waals surface area contributed by atoms with Crippen molar-refractivity contribution >= 4 is 44.1 Å². The molecular weight excluding hydrogens is 430 g/mol. The summed E-state index contributed by atoms with van der Waals surface area (Å²) in [4.78, 5) is 2.81. The number of nitrogens with zero attached hydrogens (tertiary/aromatic N) is 1. The van der Waals surface area contributed by atoms with Crippen LogP contribution in [0.2, 0.25) is 0 Å². The molecule has 0 fully saturated rings. The highest BCUT2D eigenvalue weighted by Gasteiger charge is 2.35. The Kier molecular flexibility index (Phi) is 4.67. The van der Waals surface area contributed by atoms with Crippen LogP contribution in [0.15, 0.2) is 70.6 Å². The van der Waals surface area contributed by atoms with Crippen molar-refractivity contribution in [1.82, 2.24) is 0 Å². The van der Waals surface area contributed by atoms with Gasteiger partial charge in [-0.15, -0.1) is 0 Å². The number of pyridine rings is 1. The van der Waals surface area contributed by atoms with Gasteiger partial charge in [-0.1, -0.05) is 88.8 Å². The van der Waals surface area contributed by atoms with Gasteiger partial charge in [-0.05, 0) is 62.6 Å². The van der Waals surface area contributed by atoms with Crippen LogP contribution in [0.3, 0.4) is 0 Å². The molecule has 0 bridgehead atoms. The molecule has 0 aliphatic carbocycles. The van der Waals surface area contributed by atoms with Crippen LogP contribution in [-0.4, -0.2) is 0 Å². The van der Waals surface area contributed by atoms with Gasteiger partial charge in [-0.3, -0.25) is 0 Å². The Morgan fingerprint density at radius 3 is 2.29 bits per heavy atom. The minimum atomic E-state index is 0.0377. The molecule has 4 aromatic carbocycles. The van der Waals surface area contributed by atoms with Gasteiger partial charge in [0.25, 0.3) is 0 Å². The lowest BCUT2D eigenvalue weighted by Crippen LogP contribution is -2.32. The van der Waals surface area contributed by atoms with Crippen molar-refractivity contribution in [3.8, 4) is 11.3 Å². The molecule has 0 atom stereocenters. The first-order valence-corrected chi connectivity index (χ1v) is 13.1. The summed E-state index contributed by atoms with van der Waals surface area (Å²) >= 11 is 1.98. The number of rotatable bonds is 1. The molecule has 0 saturated carbocycles. The van der Waals surface area contributed by atoms with Crippen LogP contribution in [0, 0.1) is 6.92 Å². The molecule has 1 aliphatic heterocycles. The number of fused-ring (bicyclic) bond motifs is 5. The second-order valence-corrected chi connectivity index (χ2v) is 12.2. The molecule has 0 saturated heterocycles. The van der Waals surface area contributed by atoms with Crippen molar-refractivity contribution in [1.29, 1.82) is 0 Å². The molecule has 0 N–H and O–H groups in total. The summed E-state index contributed by atoms with van der Waals surface area (Å²) in [6.07, 6.45) is 2.25. The molecule has 34 heavy (non-hydrogen) atoms. The van der Waals surface area contributed by atoms with Crippen molar-refractivity contribution in [3.63, 3.8) is 0 Å². The van der Waals surface area contributed by atoms with Gasteiger partial charge in [0.2, 0.25) is 5.69 Å². The maximum absolute atomic E-state index is 2.44. The molecule has 0 unspecified atom stereocenters. The molecule has 1 aromatic heterocycles. The van der Waals surface area contributed by atoms with Crippen LogP contribution in [0.1, 0.15) is 57.2 Å². The lowest BCUT2D eigenvalue weighted by atomic mass is 9.80.